The average Bonchev–Trinajstić information content (AvgIpc) is 2.68. The minimum atomic E-state index is -0.361. The standard InChI is InChI=1S/C22H29N3O3/c1-16(2)7-9-25-10-8-17(3)20(22(25)27)21(26)23-18-5-4-6-19(15-18)24-11-13-28-14-12-24/h4-6,8,10,15-16H,7,9,11-14H2,1-3H3,(H,23,26). The predicted octanol–water partition coefficient (Wildman–Crippen LogP) is 3.29. The summed E-state index contributed by atoms with van der Waals surface area (Å²) in [5.74, 6) is 0.133. The van der Waals surface area contributed by atoms with E-state index in [1.807, 2.05) is 30.3 Å². The summed E-state index contributed by atoms with van der Waals surface area (Å²) in [6.07, 6.45) is 2.67. The van der Waals surface area contributed by atoms with Crippen molar-refractivity contribution in [1.82, 2.24) is 4.57 Å². The van der Waals surface area contributed by atoms with Gasteiger partial charge in [-0.3, -0.25) is 9.59 Å². The number of hydrogen-bond acceptors (Lipinski definition) is 4. The van der Waals surface area contributed by atoms with Crippen LogP contribution in [-0.4, -0.2) is 36.8 Å². The summed E-state index contributed by atoms with van der Waals surface area (Å²) in [5, 5.41) is 2.90. The molecule has 28 heavy (non-hydrogen) atoms. The van der Waals surface area contributed by atoms with E-state index in [4.69, 9.17) is 4.74 Å². The van der Waals surface area contributed by atoms with E-state index in [9.17, 15) is 9.59 Å². The number of anilines is 2. The highest BCUT2D eigenvalue weighted by Crippen LogP contribution is 2.21. The molecule has 0 atom stereocenters. The molecule has 2 aromatic rings. The molecule has 0 unspecified atom stereocenters. The maximum atomic E-state index is 12.9. The van der Waals surface area contributed by atoms with Gasteiger partial charge in [0, 0.05) is 37.2 Å². The number of carbonyl (C=O) groups is 1. The van der Waals surface area contributed by atoms with Gasteiger partial charge in [0.15, 0.2) is 0 Å². The van der Waals surface area contributed by atoms with Crippen LogP contribution in [0.15, 0.2) is 41.3 Å². The Balaban J connectivity index is 1.79. The molecule has 0 spiro atoms. The van der Waals surface area contributed by atoms with E-state index in [1.165, 1.54) is 0 Å². The first-order valence-electron chi connectivity index (χ1n) is 9.90. The lowest BCUT2D eigenvalue weighted by atomic mass is 10.1. The number of morpholine rings is 1. The van der Waals surface area contributed by atoms with E-state index in [1.54, 1.807) is 17.7 Å². The number of amides is 1. The van der Waals surface area contributed by atoms with E-state index in [2.05, 4.69) is 24.1 Å². The molecule has 1 amide bonds. The first kappa shape index (κ1) is 20.1. The Kier molecular flexibility index (Phi) is 6.52. The lowest BCUT2D eigenvalue weighted by molar-refractivity contribution is 0.102. The zero-order valence-electron chi connectivity index (χ0n) is 16.9. The SMILES string of the molecule is Cc1ccn(CCC(C)C)c(=O)c1C(=O)Nc1cccc(N2CCOCC2)c1. The van der Waals surface area contributed by atoms with Crippen molar-refractivity contribution in [3.63, 3.8) is 0 Å². The molecule has 2 heterocycles. The summed E-state index contributed by atoms with van der Waals surface area (Å²) >= 11 is 0. The van der Waals surface area contributed by atoms with Crippen LogP contribution in [-0.2, 0) is 11.3 Å². The molecule has 0 aliphatic carbocycles. The van der Waals surface area contributed by atoms with E-state index in [-0.39, 0.29) is 17.0 Å². The van der Waals surface area contributed by atoms with Crippen molar-refractivity contribution in [3.05, 3.63) is 58.0 Å². The molecule has 3 rings (SSSR count). The highest BCUT2D eigenvalue weighted by atomic mass is 16.5. The van der Waals surface area contributed by atoms with Crippen molar-refractivity contribution in [2.75, 3.05) is 36.5 Å². The summed E-state index contributed by atoms with van der Waals surface area (Å²) in [7, 11) is 0. The van der Waals surface area contributed by atoms with Gasteiger partial charge in [-0.2, -0.15) is 0 Å². The first-order valence-corrected chi connectivity index (χ1v) is 9.90. The lowest BCUT2D eigenvalue weighted by Gasteiger charge is -2.29. The van der Waals surface area contributed by atoms with Crippen molar-refractivity contribution in [2.45, 2.75) is 33.7 Å². The number of nitrogens with one attached hydrogen (secondary N) is 1. The van der Waals surface area contributed by atoms with Gasteiger partial charge in [0.25, 0.3) is 11.5 Å². The van der Waals surface area contributed by atoms with Gasteiger partial charge in [0.05, 0.1) is 13.2 Å². The van der Waals surface area contributed by atoms with Gasteiger partial charge < -0.3 is 19.5 Å². The molecular formula is C22H29N3O3. The number of hydrogen-bond donors (Lipinski definition) is 1. The van der Waals surface area contributed by atoms with Gasteiger partial charge >= 0.3 is 0 Å². The van der Waals surface area contributed by atoms with Crippen LogP contribution in [0.3, 0.4) is 0 Å². The van der Waals surface area contributed by atoms with Crippen LogP contribution in [0.25, 0.3) is 0 Å². The highest BCUT2D eigenvalue weighted by molar-refractivity contribution is 6.05. The maximum Gasteiger partial charge on any atom is 0.263 e. The fourth-order valence-electron chi connectivity index (χ4n) is 3.31. The van der Waals surface area contributed by atoms with Gasteiger partial charge in [-0.25, -0.2) is 0 Å². The van der Waals surface area contributed by atoms with Crippen LogP contribution < -0.4 is 15.8 Å². The van der Waals surface area contributed by atoms with E-state index < -0.39 is 0 Å². The molecule has 0 saturated carbocycles. The summed E-state index contributed by atoms with van der Waals surface area (Å²) in [6.45, 7) is 9.72. The highest BCUT2D eigenvalue weighted by Gasteiger charge is 2.17. The van der Waals surface area contributed by atoms with Crippen LogP contribution in [0.5, 0.6) is 0 Å². The number of carbonyl (C=O) groups excluding carboxylic acids is 1. The number of aryl methyl sites for hydroxylation is 2. The topological polar surface area (TPSA) is 63.6 Å². The van der Waals surface area contributed by atoms with Crippen molar-refractivity contribution in [3.8, 4) is 0 Å². The smallest absolute Gasteiger partial charge is 0.263 e. The number of ether oxygens (including phenoxy) is 1. The minimum Gasteiger partial charge on any atom is -0.378 e. The van der Waals surface area contributed by atoms with Crippen molar-refractivity contribution < 1.29 is 9.53 Å². The van der Waals surface area contributed by atoms with E-state index in [0.29, 0.717) is 36.9 Å². The van der Waals surface area contributed by atoms with Crippen LogP contribution >= 0.6 is 0 Å². The molecule has 1 N–H and O–H groups in total. The van der Waals surface area contributed by atoms with Crippen LogP contribution in [0.2, 0.25) is 0 Å². The minimum absolute atomic E-state index is 0.211. The van der Waals surface area contributed by atoms with Crippen LogP contribution in [0.4, 0.5) is 11.4 Å². The lowest BCUT2D eigenvalue weighted by Crippen LogP contribution is -2.36. The summed E-state index contributed by atoms with van der Waals surface area (Å²) in [4.78, 5) is 27.9. The van der Waals surface area contributed by atoms with Crippen molar-refractivity contribution in [2.24, 2.45) is 5.92 Å². The third-order valence-electron chi connectivity index (χ3n) is 5.03. The fourth-order valence-corrected chi connectivity index (χ4v) is 3.31. The molecule has 1 aliphatic rings. The number of benzene rings is 1. The van der Waals surface area contributed by atoms with Gasteiger partial charge in [0.1, 0.15) is 5.56 Å². The number of nitrogens with zero attached hydrogens (tertiary/aromatic N) is 2. The molecule has 1 fully saturated rings. The Bertz CT molecular complexity index is 883. The Morgan fingerprint density at radius 2 is 1.96 bits per heavy atom. The molecule has 6 nitrogen and oxygen atoms in total. The Labute approximate surface area is 166 Å². The molecule has 0 radical (unpaired) electrons. The summed E-state index contributed by atoms with van der Waals surface area (Å²) < 4.78 is 7.03. The van der Waals surface area contributed by atoms with Crippen molar-refractivity contribution in [1.29, 1.82) is 0 Å². The van der Waals surface area contributed by atoms with Gasteiger partial charge in [-0.05, 0) is 49.1 Å². The monoisotopic (exact) mass is 383 g/mol. The van der Waals surface area contributed by atoms with Gasteiger partial charge in [-0.15, -0.1) is 0 Å². The zero-order chi connectivity index (χ0) is 20.1. The number of aromatic nitrogens is 1. The van der Waals surface area contributed by atoms with Crippen molar-refractivity contribution >= 4 is 17.3 Å². The predicted molar refractivity (Wildman–Crippen MR) is 112 cm³/mol. The molecule has 1 aromatic heterocycles. The molecule has 6 heteroatoms. The molecule has 150 valence electrons. The average molecular weight is 383 g/mol. The zero-order valence-corrected chi connectivity index (χ0v) is 16.9. The molecule has 1 saturated heterocycles. The van der Waals surface area contributed by atoms with Gasteiger partial charge in [-0.1, -0.05) is 19.9 Å². The van der Waals surface area contributed by atoms with Crippen LogP contribution in [0.1, 0.15) is 36.2 Å². The Morgan fingerprint density at radius 1 is 1.21 bits per heavy atom. The second-order valence-electron chi connectivity index (χ2n) is 7.66. The largest absolute Gasteiger partial charge is 0.378 e. The molecule has 0 bridgehead atoms. The first-order chi connectivity index (χ1) is 13.5. The Morgan fingerprint density at radius 3 is 2.68 bits per heavy atom. The molecule has 1 aromatic carbocycles. The number of rotatable bonds is 6. The second kappa shape index (κ2) is 9.06. The third kappa shape index (κ3) is 4.81. The van der Waals surface area contributed by atoms with Gasteiger partial charge in [0.2, 0.25) is 0 Å². The third-order valence-corrected chi connectivity index (χ3v) is 5.03. The summed E-state index contributed by atoms with van der Waals surface area (Å²) in [6, 6.07) is 9.56. The number of pyridine rings is 1. The fraction of sp³-hybridized carbons (Fsp3) is 0.455. The van der Waals surface area contributed by atoms with E-state index in [0.717, 1.165) is 25.2 Å². The van der Waals surface area contributed by atoms with E-state index >= 15 is 0 Å². The summed E-state index contributed by atoms with van der Waals surface area (Å²) in [5.41, 5.74) is 2.39. The normalized spacial score (nSPS) is 14.4. The maximum absolute atomic E-state index is 12.9. The quantitative estimate of drug-likeness (QED) is 0.831. The molecule has 1 aliphatic heterocycles. The second-order valence-corrected chi connectivity index (χ2v) is 7.66. The Hall–Kier alpha value is -2.60. The van der Waals surface area contributed by atoms with Crippen LogP contribution in [0, 0.1) is 12.8 Å². The molecular weight excluding hydrogens is 354 g/mol.